The Balaban J connectivity index is 1.79. The summed E-state index contributed by atoms with van der Waals surface area (Å²) < 4.78 is 0. The molecule has 2 aliphatic rings. The number of pyridine rings is 1. The van der Waals surface area contributed by atoms with Gasteiger partial charge in [0.2, 0.25) is 0 Å². The Morgan fingerprint density at radius 2 is 2.30 bits per heavy atom. The van der Waals surface area contributed by atoms with E-state index in [9.17, 15) is 0 Å². The maximum Gasteiger partial charge on any atom is 0.133 e. The first-order valence-corrected chi connectivity index (χ1v) is 7.97. The molecule has 0 spiro atoms. The summed E-state index contributed by atoms with van der Waals surface area (Å²) in [6.07, 6.45) is 4.64. The minimum atomic E-state index is 0.366. The van der Waals surface area contributed by atoms with E-state index in [0.717, 1.165) is 25.7 Å². The minimum Gasteiger partial charge on any atom is -0.353 e. The SMILES string of the molecule is CCNC(C)c1cccnc1N1CCN2CCCC2C1. The molecule has 4 heteroatoms. The van der Waals surface area contributed by atoms with Gasteiger partial charge in [0.05, 0.1) is 0 Å². The molecule has 2 fully saturated rings. The van der Waals surface area contributed by atoms with E-state index in [1.165, 1.54) is 37.3 Å². The van der Waals surface area contributed by atoms with Gasteiger partial charge in [0.25, 0.3) is 0 Å². The third kappa shape index (κ3) is 2.67. The van der Waals surface area contributed by atoms with Gasteiger partial charge in [0.15, 0.2) is 0 Å². The fourth-order valence-corrected chi connectivity index (χ4v) is 3.61. The van der Waals surface area contributed by atoms with Crippen molar-refractivity contribution in [3.05, 3.63) is 23.9 Å². The van der Waals surface area contributed by atoms with Gasteiger partial charge in [-0.25, -0.2) is 4.98 Å². The number of piperazine rings is 1. The average molecular weight is 274 g/mol. The summed E-state index contributed by atoms with van der Waals surface area (Å²) in [7, 11) is 0. The first-order chi connectivity index (χ1) is 9.79. The average Bonchev–Trinajstić information content (AvgIpc) is 2.95. The summed E-state index contributed by atoms with van der Waals surface area (Å²) in [5.74, 6) is 1.19. The predicted molar refractivity (Wildman–Crippen MR) is 83.1 cm³/mol. The third-order valence-corrected chi connectivity index (χ3v) is 4.68. The smallest absolute Gasteiger partial charge is 0.133 e. The lowest BCUT2D eigenvalue weighted by atomic mass is 10.1. The highest BCUT2D eigenvalue weighted by Gasteiger charge is 2.31. The molecule has 3 rings (SSSR count). The largest absolute Gasteiger partial charge is 0.353 e. The van der Waals surface area contributed by atoms with E-state index in [1.807, 2.05) is 6.20 Å². The Bertz CT molecular complexity index is 448. The lowest BCUT2D eigenvalue weighted by Gasteiger charge is -2.39. The molecule has 2 unspecified atom stereocenters. The van der Waals surface area contributed by atoms with Crippen molar-refractivity contribution in [2.45, 2.75) is 38.8 Å². The van der Waals surface area contributed by atoms with Crippen LogP contribution in [0.15, 0.2) is 18.3 Å². The number of fused-ring (bicyclic) bond motifs is 1. The maximum atomic E-state index is 4.69. The number of aromatic nitrogens is 1. The molecule has 1 N–H and O–H groups in total. The fraction of sp³-hybridized carbons (Fsp3) is 0.688. The van der Waals surface area contributed by atoms with E-state index in [2.05, 4.69) is 46.1 Å². The Hall–Kier alpha value is -1.13. The molecular weight excluding hydrogens is 248 g/mol. The topological polar surface area (TPSA) is 31.4 Å². The molecular formula is C16H26N4. The lowest BCUT2D eigenvalue weighted by molar-refractivity contribution is 0.230. The van der Waals surface area contributed by atoms with Crippen LogP contribution in [-0.2, 0) is 0 Å². The number of nitrogens with zero attached hydrogens (tertiary/aromatic N) is 3. The van der Waals surface area contributed by atoms with Crippen LogP contribution in [0.5, 0.6) is 0 Å². The zero-order valence-corrected chi connectivity index (χ0v) is 12.7. The van der Waals surface area contributed by atoms with E-state index < -0.39 is 0 Å². The van der Waals surface area contributed by atoms with Gasteiger partial charge in [-0.1, -0.05) is 13.0 Å². The second kappa shape index (κ2) is 6.10. The van der Waals surface area contributed by atoms with Crippen molar-refractivity contribution in [2.75, 3.05) is 37.6 Å². The Morgan fingerprint density at radius 1 is 1.40 bits per heavy atom. The van der Waals surface area contributed by atoms with E-state index >= 15 is 0 Å². The van der Waals surface area contributed by atoms with E-state index in [4.69, 9.17) is 0 Å². The summed E-state index contributed by atoms with van der Waals surface area (Å²) in [4.78, 5) is 9.83. The van der Waals surface area contributed by atoms with Crippen LogP contribution in [0.1, 0.15) is 38.3 Å². The van der Waals surface area contributed by atoms with Crippen molar-refractivity contribution in [2.24, 2.45) is 0 Å². The molecule has 1 aromatic rings. The van der Waals surface area contributed by atoms with Crippen LogP contribution < -0.4 is 10.2 Å². The van der Waals surface area contributed by atoms with Crippen LogP contribution in [0, 0.1) is 0 Å². The zero-order valence-electron chi connectivity index (χ0n) is 12.7. The highest BCUT2D eigenvalue weighted by Crippen LogP contribution is 2.28. The molecule has 0 saturated carbocycles. The molecule has 0 amide bonds. The molecule has 2 atom stereocenters. The van der Waals surface area contributed by atoms with Gasteiger partial charge in [-0.15, -0.1) is 0 Å². The van der Waals surface area contributed by atoms with Crippen molar-refractivity contribution in [3.8, 4) is 0 Å². The van der Waals surface area contributed by atoms with Gasteiger partial charge >= 0.3 is 0 Å². The second-order valence-electron chi connectivity index (χ2n) is 5.97. The van der Waals surface area contributed by atoms with Crippen molar-refractivity contribution >= 4 is 5.82 Å². The summed E-state index contributed by atoms with van der Waals surface area (Å²) >= 11 is 0. The number of rotatable bonds is 4. The minimum absolute atomic E-state index is 0.366. The number of nitrogens with one attached hydrogen (secondary N) is 1. The monoisotopic (exact) mass is 274 g/mol. The van der Waals surface area contributed by atoms with Crippen LogP contribution in [-0.4, -0.2) is 48.6 Å². The lowest BCUT2D eigenvalue weighted by Crippen LogP contribution is -2.50. The quantitative estimate of drug-likeness (QED) is 0.910. The van der Waals surface area contributed by atoms with Crippen LogP contribution in [0.2, 0.25) is 0 Å². The molecule has 4 nitrogen and oxygen atoms in total. The summed E-state index contributed by atoms with van der Waals surface area (Å²) in [6, 6.07) is 5.38. The highest BCUT2D eigenvalue weighted by atomic mass is 15.3. The normalized spacial score (nSPS) is 24.7. The molecule has 110 valence electrons. The summed E-state index contributed by atoms with van der Waals surface area (Å²) in [5, 5.41) is 3.51. The van der Waals surface area contributed by atoms with Gasteiger partial charge in [0.1, 0.15) is 5.82 Å². The summed E-state index contributed by atoms with van der Waals surface area (Å²) in [6.45, 7) is 10.1. The number of anilines is 1. The molecule has 0 aliphatic carbocycles. The van der Waals surface area contributed by atoms with E-state index in [1.54, 1.807) is 0 Å². The predicted octanol–water partition coefficient (Wildman–Crippen LogP) is 2.04. The first kappa shape index (κ1) is 13.8. The molecule has 2 saturated heterocycles. The molecule has 0 radical (unpaired) electrons. The van der Waals surface area contributed by atoms with Crippen molar-refractivity contribution in [1.82, 2.24) is 15.2 Å². The summed E-state index contributed by atoms with van der Waals surface area (Å²) in [5.41, 5.74) is 1.33. The third-order valence-electron chi connectivity index (χ3n) is 4.68. The molecule has 3 heterocycles. The van der Waals surface area contributed by atoms with Crippen LogP contribution in [0.4, 0.5) is 5.82 Å². The van der Waals surface area contributed by atoms with Crippen LogP contribution in [0.25, 0.3) is 0 Å². The van der Waals surface area contributed by atoms with Crippen LogP contribution >= 0.6 is 0 Å². The Kier molecular flexibility index (Phi) is 4.22. The van der Waals surface area contributed by atoms with Gasteiger partial charge < -0.3 is 10.2 Å². The number of hydrogen-bond acceptors (Lipinski definition) is 4. The first-order valence-electron chi connectivity index (χ1n) is 7.97. The molecule has 0 bridgehead atoms. The highest BCUT2D eigenvalue weighted by molar-refractivity contribution is 5.49. The Morgan fingerprint density at radius 3 is 3.15 bits per heavy atom. The van der Waals surface area contributed by atoms with Gasteiger partial charge in [0, 0.05) is 43.5 Å². The number of hydrogen-bond donors (Lipinski definition) is 1. The van der Waals surface area contributed by atoms with Crippen molar-refractivity contribution in [1.29, 1.82) is 0 Å². The molecule has 0 aromatic carbocycles. The fourth-order valence-electron chi connectivity index (χ4n) is 3.61. The second-order valence-corrected chi connectivity index (χ2v) is 5.97. The standard InChI is InChI=1S/C16H26N4/c1-3-17-13(2)15-7-4-8-18-16(15)20-11-10-19-9-5-6-14(19)12-20/h4,7-8,13-14,17H,3,5-6,9-12H2,1-2H3. The Labute approximate surface area is 122 Å². The van der Waals surface area contributed by atoms with E-state index in [0.29, 0.717) is 6.04 Å². The van der Waals surface area contributed by atoms with Crippen molar-refractivity contribution in [3.63, 3.8) is 0 Å². The van der Waals surface area contributed by atoms with Gasteiger partial charge in [-0.05, 0) is 38.9 Å². The molecule has 2 aliphatic heterocycles. The molecule has 20 heavy (non-hydrogen) atoms. The van der Waals surface area contributed by atoms with E-state index in [-0.39, 0.29) is 0 Å². The maximum absolute atomic E-state index is 4.69. The molecule has 1 aromatic heterocycles. The van der Waals surface area contributed by atoms with Gasteiger partial charge in [-0.2, -0.15) is 0 Å². The van der Waals surface area contributed by atoms with Crippen molar-refractivity contribution < 1.29 is 0 Å². The van der Waals surface area contributed by atoms with Gasteiger partial charge in [-0.3, -0.25) is 4.90 Å². The zero-order chi connectivity index (χ0) is 13.9. The van der Waals surface area contributed by atoms with Crippen LogP contribution in [0.3, 0.4) is 0 Å².